The van der Waals surface area contributed by atoms with Crippen LogP contribution in [-0.4, -0.2) is 37.0 Å². The first kappa shape index (κ1) is 18.8. The number of rotatable bonds is 8. The summed E-state index contributed by atoms with van der Waals surface area (Å²) in [7, 11) is 0. The highest BCUT2D eigenvalue weighted by atomic mass is 16.5. The van der Waals surface area contributed by atoms with Gasteiger partial charge in [0.1, 0.15) is 11.3 Å². The largest absolute Gasteiger partial charge is 0.468 e. The van der Waals surface area contributed by atoms with Crippen LogP contribution in [0.4, 0.5) is 0 Å². The van der Waals surface area contributed by atoms with E-state index < -0.39 is 0 Å². The van der Waals surface area contributed by atoms with Crippen LogP contribution in [0.5, 0.6) is 0 Å². The molecule has 1 amide bonds. The van der Waals surface area contributed by atoms with Crippen LogP contribution < -0.4 is 5.32 Å². The van der Waals surface area contributed by atoms with Crippen LogP contribution in [0.2, 0.25) is 0 Å². The van der Waals surface area contributed by atoms with Gasteiger partial charge < -0.3 is 18.9 Å². The fourth-order valence-corrected chi connectivity index (χ4v) is 3.84. The van der Waals surface area contributed by atoms with E-state index in [1.54, 1.807) is 6.26 Å². The lowest BCUT2D eigenvalue weighted by Gasteiger charge is -2.25. The number of nitrogens with zero attached hydrogens (tertiary/aromatic N) is 1. The zero-order valence-electron chi connectivity index (χ0n) is 16.1. The fraction of sp³-hybridized carbons (Fsp3) is 0.409. The molecule has 0 radical (unpaired) electrons. The van der Waals surface area contributed by atoms with Gasteiger partial charge in [-0.15, -0.1) is 0 Å². The predicted octanol–water partition coefficient (Wildman–Crippen LogP) is 4.13. The third kappa shape index (κ3) is 3.84. The highest BCUT2D eigenvalue weighted by Crippen LogP contribution is 2.28. The molecule has 2 aromatic heterocycles. The zero-order valence-corrected chi connectivity index (χ0v) is 16.1. The molecule has 1 aliphatic rings. The van der Waals surface area contributed by atoms with E-state index in [0.29, 0.717) is 31.1 Å². The van der Waals surface area contributed by atoms with E-state index in [-0.39, 0.29) is 11.9 Å². The number of nitrogens with one attached hydrogen (secondary N) is 1. The van der Waals surface area contributed by atoms with Crippen molar-refractivity contribution in [3.8, 4) is 0 Å². The van der Waals surface area contributed by atoms with Gasteiger partial charge >= 0.3 is 0 Å². The Morgan fingerprint density at radius 3 is 2.79 bits per heavy atom. The Kier molecular flexibility index (Phi) is 5.78. The summed E-state index contributed by atoms with van der Waals surface area (Å²) in [5.74, 6) is 0.984. The predicted molar refractivity (Wildman–Crippen MR) is 106 cm³/mol. The Balaban J connectivity index is 1.54. The summed E-state index contributed by atoms with van der Waals surface area (Å²) >= 11 is 0. The van der Waals surface area contributed by atoms with Crippen molar-refractivity contribution in [2.75, 3.05) is 26.2 Å². The molecule has 3 heterocycles. The molecule has 0 saturated carbocycles. The highest BCUT2D eigenvalue weighted by Gasteiger charge is 2.27. The first-order chi connectivity index (χ1) is 13.8. The van der Waals surface area contributed by atoms with Crippen LogP contribution >= 0.6 is 0 Å². The lowest BCUT2D eigenvalue weighted by atomic mass is 10.1. The quantitative estimate of drug-likeness (QED) is 0.634. The number of carbonyl (C=O) groups is 1. The molecule has 148 valence electrons. The van der Waals surface area contributed by atoms with Crippen molar-refractivity contribution in [3.63, 3.8) is 0 Å². The molecule has 0 bridgehead atoms. The van der Waals surface area contributed by atoms with E-state index >= 15 is 0 Å². The monoisotopic (exact) mass is 382 g/mol. The van der Waals surface area contributed by atoms with Crippen molar-refractivity contribution >= 4 is 16.9 Å². The molecule has 1 aliphatic heterocycles. The molecular formula is C22H26N2O4. The minimum atomic E-state index is -0.221. The molecule has 0 unspecified atom stereocenters. The molecule has 1 N–H and O–H groups in total. The molecular weight excluding hydrogens is 356 g/mol. The first-order valence-electron chi connectivity index (χ1n) is 9.91. The van der Waals surface area contributed by atoms with Crippen molar-refractivity contribution in [3.05, 3.63) is 59.7 Å². The fourth-order valence-electron chi connectivity index (χ4n) is 3.84. The number of hydrogen-bond acceptors (Lipinski definition) is 5. The second-order valence-corrected chi connectivity index (χ2v) is 7.03. The van der Waals surface area contributed by atoms with Crippen molar-refractivity contribution in [2.24, 2.45) is 0 Å². The molecule has 1 saturated heterocycles. The van der Waals surface area contributed by atoms with Crippen molar-refractivity contribution in [1.82, 2.24) is 10.2 Å². The van der Waals surface area contributed by atoms with E-state index in [9.17, 15) is 4.79 Å². The second-order valence-electron chi connectivity index (χ2n) is 7.03. The van der Waals surface area contributed by atoms with Crippen LogP contribution in [0.15, 0.2) is 51.5 Å². The van der Waals surface area contributed by atoms with Crippen LogP contribution in [0, 0.1) is 0 Å². The molecule has 6 heteroatoms. The average molecular weight is 382 g/mol. The minimum Gasteiger partial charge on any atom is -0.468 e. The molecule has 3 aromatic rings. The third-order valence-corrected chi connectivity index (χ3v) is 5.26. The number of ether oxygens (including phenoxy) is 1. The molecule has 6 nitrogen and oxygen atoms in total. The third-order valence-electron chi connectivity index (χ3n) is 5.26. The Bertz CT molecular complexity index is 910. The van der Waals surface area contributed by atoms with Crippen LogP contribution in [0.1, 0.15) is 47.7 Å². The average Bonchev–Trinajstić information content (AvgIpc) is 3.47. The maximum Gasteiger partial charge on any atom is 0.287 e. The topological polar surface area (TPSA) is 67.8 Å². The molecule has 1 atom stereocenters. The number of benzene rings is 1. The summed E-state index contributed by atoms with van der Waals surface area (Å²) in [6.45, 7) is 5.37. The summed E-state index contributed by atoms with van der Waals surface area (Å²) in [6, 6.07) is 11.6. The Morgan fingerprint density at radius 2 is 2.04 bits per heavy atom. The van der Waals surface area contributed by atoms with Crippen LogP contribution in [0.3, 0.4) is 0 Å². The Labute approximate surface area is 164 Å². The molecule has 0 aliphatic carbocycles. The van der Waals surface area contributed by atoms with Crippen LogP contribution in [0.25, 0.3) is 11.0 Å². The van der Waals surface area contributed by atoms with Gasteiger partial charge in [-0.3, -0.25) is 9.69 Å². The van der Waals surface area contributed by atoms with Gasteiger partial charge in [0.05, 0.1) is 18.9 Å². The maximum absolute atomic E-state index is 13.0. The van der Waals surface area contributed by atoms with E-state index in [2.05, 4.69) is 10.2 Å². The second kappa shape index (κ2) is 8.63. The molecule has 4 rings (SSSR count). The van der Waals surface area contributed by atoms with E-state index in [1.807, 2.05) is 43.3 Å². The molecule has 1 aromatic carbocycles. The summed E-state index contributed by atoms with van der Waals surface area (Å²) in [6.07, 6.45) is 4.03. The number of hydrogen-bond donors (Lipinski definition) is 1. The lowest BCUT2D eigenvalue weighted by molar-refractivity contribution is 0.0895. The summed E-state index contributed by atoms with van der Waals surface area (Å²) in [4.78, 5) is 15.3. The molecule has 28 heavy (non-hydrogen) atoms. The zero-order chi connectivity index (χ0) is 19.3. The number of amides is 1. The van der Waals surface area contributed by atoms with Gasteiger partial charge in [0.25, 0.3) is 5.91 Å². The number of carbonyl (C=O) groups excluding carboxylic acids is 1. The first-order valence-corrected chi connectivity index (χ1v) is 9.91. The van der Waals surface area contributed by atoms with Gasteiger partial charge in [-0.05, 0) is 51.1 Å². The standard InChI is InChI=1S/C22H26N2O4/c1-2-26-15-17-16-8-3-4-9-19(16)28-21(17)22(25)23-14-18(20-10-7-13-27-20)24-11-5-6-12-24/h3-4,7-10,13,18H,2,5-6,11-12,14-15H2,1H3,(H,23,25)/t18-/m0/s1. The highest BCUT2D eigenvalue weighted by molar-refractivity contribution is 5.99. The minimum absolute atomic E-state index is 0.0289. The number of fused-ring (bicyclic) bond motifs is 1. The normalized spacial score (nSPS) is 15.9. The van der Waals surface area contributed by atoms with Crippen molar-refractivity contribution < 1.29 is 18.4 Å². The van der Waals surface area contributed by atoms with Crippen molar-refractivity contribution in [1.29, 1.82) is 0 Å². The Hall–Kier alpha value is -2.57. The summed E-state index contributed by atoms with van der Waals surface area (Å²) < 4.78 is 17.1. The number of furan rings is 2. The molecule has 1 fully saturated rings. The van der Waals surface area contributed by atoms with Crippen LogP contribution in [-0.2, 0) is 11.3 Å². The number of likely N-dealkylation sites (tertiary alicyclic amines) is 1. The van der Waals surface area contributed by atoms with E-state index in [4.69, 9.17) is 13.6 Å². The van der Waals surface area contributed by atoms with Gasteiger partial charge in [0.2, 0.25) is 0 Å². The van der Waals surface area contributed by atoms with Gasteiger partial charge in [-0.25, -0.2) is 0 Å². The summed E-state index contributed by atoms with van der Waals surface area (Å²) in [5, 5.41) is 3.97. The maximum atomic E-state index is 13.0. The van der Waals surface area contributed by atoms with Crippen molar-refractivity contribution in [2.45, 2.75) is 32.4 Å². The van der Waals surface area contributed by atoms with Gasteiger partial charge in [0, 0.05) is 24.1 Å². The van der Waals surface area contributed by atoms with Gasteiger partial charge in [-0.1, -0.05) is 18.2 Å². The van der Waals surface area contributed by atoms with Gasteiger partial charge in [0.15, 0.2) is 5.76 Å². The van der Waals surface area contributed by atoms with E-state index in [1.165, 1.54) is 12.8 Å². The Morgan fingerprint density at radius 1 is 1.21 bits per heavy atom. The van der Waals surface area contributed by atoms with Gasteiger partial charge in [-0.2, -0.15) is 0 Å². The molecule has 0 spiro atoms. The number of para-hydroxylation sites is 1. The van der Waals surface area contributed by atoms with E-state index in [0.717, 1.165) is 29.8 Å². The smallest absolute Gasteiger partial charge is 0.287 e. The SMILES string of the molecule is CCOCc1c(C(=O)NC[C@@H](c2ccco2)N2CCCC2)oc2ccccc12. The summed E-state index contributed by atoms with van der Waals surface area (Å²) in [5.41, 5.74) is 1.50. The lowest BCUT2D eigenvalue weighted by Crippen LogP contribution is -2.36.